The molecular formula is C37H31ClN4O3S2. The lowest BCUT2D eigenvalue weighted by atomic mass is 10.0. The quantitative estimate of drug-likeness (QED) is 0.117. The van der Waals surface area contributed by atoms with Crippen LogP contribution in [0.2, 0.25) is 5.02 Å². The molecule has 2 heterocycles. The number of aliphatic imine (C=N–C) groups is 1. The van der Waals surface area contributed by atoms with E-state index in [2.05, 4.69) is 12.6 Å². The first-order valence-electron chi connectivity index (χ1n) is 15.0. The Hall–Kier alpha value is -4.59. The second kappa shape index (κ2) is 13.6. The number of thiophene rings is 1. The standard InChI is InChI=1S/C37H31ClN4O3S2/c1-3-35(34-19-29-16-17-31(38)20-33(29)46-34)47(44,45)41-22-25(2)42(36(43)24-41)23-26-14-15-30(21-39)32(18-26)40-37(27-10-6-4-7-11-27)28-12-8-5-9-13-28/h3-20,25,35H,1,22-24H2,2H3. The lowest BCUT2D eigenvalue weighted by molar-refractivity contribution is -0.137. The molecule has 1 aliphatic rings. The number of nitrogens with zero attached hydrogens (tertiary/aromatic N) is 4. The summed E-state index contributed by atoms with van der Waals surface area (Å²) in [6.45, 7) is 5.78. The van der Waals surface area contributed by atoms with Crippen molar-refractivity contribution in [1.29, 1.82) is 5.26 Å². The fourth-order valence-electron chi connectivity index (χ4n) is 5.76. The van der Waals surface area contributed by atoms with Gasteiger partial charge in [0.15, 0.2) is 0 Å². The van der Waals surface area contributed by atoms with Crippen molar-refractivity contribution in [3.05, 3.63) is 148 Å². The summed E-state index contributed by atoms with van der Waals surface area (Å²) in [6, 6.07) is 34.0. The molecule has 10 heteroatoms. The van der Waals surface area contributed by atoms with Crippen molar-refractivity contribution < 1.29 is 13.2 Å². The van der Waals surface area contributed by atoms with Crippen LogP contribution >= 0.6 is 22.9 Å². The second-order valence-electron chi connectivity index (χ2n) is 11.4. The van der Waals surface area contributed by atoms with Crippen LogP contribution in [0.3, 0.4) is 0 Å². The molecule has 7 nitrogen and oxygen atoms in total. The number of hydrogen-bond donors (Lipinski definition) is 0. The van der Waals surface area contributed by atoms with Gasteiger partial charge >= 0.3 is 0 Å². The van der Waals surface area contributed by atoms with Crippen LogP contribution in [0.5, 0.6) is 0 Å². The Balaban J connectivity index is 1.25. The summed E-state index contributed by atoms with van der Waals surface area (Å²) >= 11 is 7.50. The van der Waals surface area contributed by atoms with Crippen molar-refractivity contribution >= 4 is 60.4 Å². The molecule has 2 unspecified atom stereocenters. The molecule has 4 aromatic carbocycles. The average molecular weight is 679 g/mol. The molecule has 5 aromatic rings. The maximum Gasteiger partial charge on any atom is 0.238 e. The van der Waals surface area contributed by atoms with E-state index >= 15 is 0 Å². The highest BCUT2D eigenvalue weighted by atomic mass is 35.5. The van der Waals surface area contributed by atoms with Crippen molar-refractivity contribution in [2.24, 2.45) is 4.99 Å². The van der Waals surface area contributed by atoms with Gasteiger partial charge in [-0.05, 0) is 48.2 Å². The van der Waals surface area contributed by atoms with Gasteiger partial charge in [-0.25, -0.2) is 13.4 Å². The lowest BCUT2D eigenvalue weighted by Crippen LogP contribution is -2.56. The molecule has 0 saturated carbocycles. The molecule has 1 aliphatic heterocycles. The highest BCUT2D eigenvalue weighted by molar-refractivity contribution is 7.89. The van der Waals surface area contributed by atoms with Gasteiger partial charge in [-0.15, -0.1) is 17.9 Å². The molecule has 6 rings (SSSR count). The highest BCUT2D eigenvalue weighted by Crippen LogP contribution is 2.37. The number of fused-ring (bicyclic) bond motifs is 1. The number of halogens is 1. The zero-order valence-corrected chi connectivity index (χ0v) is 28.0. The fourth-order valence-corrected chi connectivity index (χ4v) is 9.23. The number of nitriles is 1. The minimum Gasteiger partial charge on any atom is -0.333 e. The molecule has 1 fully saturated rings. The first kappa shape index (κ1) is 32.4. The maximum absolute atomic E-state index is 13.9. The number of hydrogen-bond acceptors (Lipinski definition) is 6. The molecule has 0 bridgehead atoms. The van der Waals surface area contributed by atoms with Crippen LogP contribution in [0.1, 0.15) is 39.3 Å². The second-order valence-corrected chi connectivity index (χ2v) is 15.0. The van der Waals surface area contributed by atoms with Crippen LogP contribution < -0.4 is 0 Å². The van der Waals surface area contributed by atoms with Crippen LogP contribution in [-0.2, 0) is 21.4 Å². The van der Waals surface area contributed by atoms with E-state index in [0.717, 1.165) is 32.5 Å². The molecule has 1 amide bonds. The van der Waals surface area contributed by atoms with Gasteiger partial charge < -0.3 is 4.90 Å². The predicted octanol–water partition coefficient (Wildman–Crippen LogP) is 7.89. The van der Waals surface area contributed by atoms with Crippen LogP contribution in [0.15, 0.2) is 121 Å². The smallest absolute Gasteiger partial charge is 0.238 e. The molecule has 0 aliphatic carbocycles. The van der Waals surface area contributed by atoms with Gasteiger partial charge in [0.1, 0.15) is 11.3 Å². The molecule has 1 saturated heterocycles. The molecule has 0 N–H and O–H groups in total. The molecule has 47 heavy (non-hydrogen) atoms. The zero-order chi connectivity index (χ0) is 33.1. The molecular weight excluding hydrogens is 648 g/mol. The van der Waals surface area contributed by atoms with E-state index in [-0.39, 0.29) is 25.5 Å². The van der Waals surface area contributed by atoms with Crippen molar-refractivity contribution in [3.63, 3.8) is 0 Å². The van der Waals surface area contributed by atoms with Gasteiger partial charge in [-0.3, -0.25) is 4.79 Å². The molecule has 1 aromatic heterocycles. The molecule has 236 valence electrons. The molecule has 0 radical (unpaired) electrons. The van der Waals surface area contributed by atoms with Gasteiger partial charge in [0.05, 0.1) is 23.5 Å². The van der Waals surface area contributed by atoms with E-state index < -0.39 is 21.3 Å². The number of carbonyl (C=O) groups is 1. The minimum atomic E-state index is -3.94. The Morgan fingerprint density at radius 2 is 1.72 bits per heavy atom. The predicted molar refractivity (Wildman–Crippen MR) is 190 cm³/mol. The summed E-state index contributed by atoms with van der Waals surface area (Å²) in [7, 11) is -3.94. The summed E-state index contributed by atoms with van der Waals surface area (Å²) in [4.78, 5) is 20.8. The zero-order valence-electron chi connectivity index (χ0n) is 25.6. The van der Waals surface area contributed by atoms with Gasteiger partial charge in [0.2, 0.25) is 15.9 Å². The number of amides is 1. The monoisotopic (exact) mass is 678 g/mol. The average Bonchev–Trinajstić information content (AvgIpc) is 3.48. The first-order valence-corrected chi connectivity index (χ1v) is 17.7. The Bertz CT molecular complexity index is 2100. The fraction of sp³-hybridized carbons (Fsp3) is 0.162. The SMILES string of the molecule is C=CC(c1cc2ccc(Cl)cc2s1)S(=O)(=O)N1CC(=O)N(Cc2ccc(C#N)c(N=C(c3ccccc3)c3ccccc3)c2)C(C)C1. The Kier molecular flexibility index (Phi) is 9.39. The van der Waals surface area contributed by atoms with Crippen molar-refractivity contribution in [2.75, 3.05) is 13.1 Å². The normalized spacial score (nSPS) is 16.1. The maximum atomic E-state index is 13.9. The van der Waals surface area contributed by atoms with Crippen LogP contribution in [-0.4, -0.2) is 48.4 Å². The summed E-state index contributed by atoms with van der Waals surface area (Å²) in [5.41, 5.74) is 4.23. The molecule has 0 spiro atoms. The third kappa shape index (κ3) is 6.78. The van der Waals surface area contributed by atoms with Crippen molar-refractivity contribution in [1.82, 2.24) is 9.21 Å². The Morgan fingerprint density at radius 3 is 2.34 bits per heavy atom. The van der Waals surface area contributed by atoms with E-state index in [1.165, 1.54) is 21.7 Å². The van der Waals surface area contributed by atoms with Crippen molar-refractivity contribution in [2.45, 2.75) is 24.8 Å². The number of rotatable bonds is 9. The van der Waals surface area contributed by atoms with E-state index in [1.54, 1.807) is 17.0 Å². The van der Waals surface area contributed by atoms with E-state index in [9.17, 15) is 18.5 Å². The third-order valence-electron chi connectivity index (χ3n) is 8.17. The van der Waals surface area contributed by atoms with E-state index in [0.29, 0.717) is 21.2 Å². The lowest BCUT2D eigenvalue weighted by Gasteiger charge is -2.39. The largest absolute Gasteiger partial charge is 0.333 e. The summed E-state index contributed by atoms with van der Waals surface area (Å²) in [6.07, 6.45) is 1.42. The summed E-state index contributed by atoms with van der Waals surface area (Å²) in [5, 5.41) is 10.4. The molecule has 2 atom stereocenters. The number of carbonyl (C=O) groups excluding carboxylic acids is 1. The van der Waals surface area contributed by atoms with Gasteiger partial charge in [-0.2, -0.15) is 9.57 Å². The van der Waals surface area contributed by atoms with Gasteiger partial charge in [0, 0.05) is 44.9 Å². The van der Waals surface area contributed by atoms with E-state index in [1.807, 2.05) is 97.9 Å². The number of sulfonamides is 1. The highest BCUT2D eigenvalue weighted by Gasteiger charge is 2.40. The summed E-state index contributed by atoms with van der Waals surface area (Å²) < 4.78 is 29.9. The van der Waals surface area contributed by atoms with E-state index in [4.69, 9.17) is 16.6 Å². The number of benzene rings is 4. The first-order chi connectivity index (χ1) is 22.7. The van der Waals surface area contributed by atoms with Crippen molar-refractivity contribution in [3.8, 4) is 6.07 Å². The minimum absolute atomic E-state index is 0.141. The van der Waals surface area contributed by atoms with Gasteiger partial charge in [0.25, 0.3) is 0 Å². The Morgan fingerprint density at radius 1 is 1.04 bits per heavy atom. The van der Waals surface area contributed by atoms with Crippen LogP contribution in [0.4, 0.5) is 5.69 Å². The van der Waals surface area contributed by atoms with Crippen LogP contribution in [0.25, 0.3) is 10.1 Å². The topological polar surface area (TPSA) is 93.8 Å². The third-order valence-corrected chi connectivity index (χ3v) is 11.8. The number of piperazine rings is 1. The Labute approximate surface area is 283 Å². The summed E-state index contributed by atoms with van der Waals surface area (Å²) in [5.74, 6) is -0.304. The van der Waals surface area contributed by atoms with Gasteiger partial charge in [-0.1, -0.05) is 90.5 Å². The van der Waals surface area contributed by atoms with Crippen LogP contribution in [0, 0.1) is 11.3 Å².